The molecule has 0 bridgehead atoms. The molecule has 20 rings (SSSR count). The van der Waals surface area contributed by atoms with E-state index in [4.69, 9.17) is 0 Å². The number of hydrogen-bond acceptors (Lipinski definition) is 0. The normalized spacial score (nSPS) is 11.5. The fraction of sp³-hybridized carbons (Fsp3) is 0. The Bertz CT molecular complexity index is 6150. The standard InChI is InChI=1S/C120H82Si4/c1-13-37-99(38-14-1)121(100-39-15-2-16-40-100,101-41-17-3-18-42-101)111-77-65-91(66-78-111)61-73-95-89-96(74-62-92-67-79-112(80-68-92)122(102-43-19-4-20-44-102,103-45-21-5-22-46-103)104-47-23-6-24-48-104)116-87-88-118-98(76-64-94-71-83-114(84-72-94)124(108-55-31-10-32-56-108,109-57-33-11-34-58-109)110-59-35-12-36-60-110)90-97(117-86-85-115(95)119(116)120(117)118)75-63-93-69-81-113(82-70-93)123(105-49-25-7-26-50-105,106-51-27-8-28-52-106)107-53-29-9-30-54-107/h1-60,65-72,77-90H. The predicted molar refractivity (Wildman–Crippen MR) is 534 cm³/mol. The van der Waals surface area contributed by atoms with Crippen LogP contribution in [-0.2, 0) is 0 Å². The number of hydrogen-bond donors (Lipinski definition) is 0. The molecule has 0 amide bonds. The highest BCUT2D eigenvalue weighted by Gasteiger charge is 2.45. The highest BCUT2D eigenvalue weighted by molar-refractivity contribution is 7.22. The van der Waals surface area contributed by atoms with Crippen molar-refractivity contribution < 1.29 is 0 Å². The van der Waals surface area contributed by atoms with Crippen molar-refractivity contribution in [2.75, 3.05) is 0 Å². The van der Waals surface area contributed by atoms with Crippen LogP contribution in [0.25, 0.3) is 32.3 Å². The molecule has 0 unspecified atom stereocenters. The molecule has 20 aromatic rings. The van der Waals surface area contributed by atoms with Crippen molar-refractivity contribution in [3.63, 3.8) is 0 Å². The highest BCUT2D eigenvalue weighted by Crippen LogP contribution is 2.41. The monoisotopic (exact) mass is 1630 g/mol. The van der Waals surface area contributed by atoms with Gasteiger partial charge in [-0.3, -0.25) is 0 Å². The van der Waals surface area contributed by atoms with E-state index in [2.05, 4.69) is 545 Å². The molecule has 0 N–H and O–H groups in total. The summed E-state index contributed by atoms with van der Waals surface area (Å²) < 4.78 is 0. The molecular formula is C120H82Si4. The fourth-order valence-corrected chi connectivity index (χ4v) is 38.4. The van der Waals surface area contributed by atoms with Crippen LogP contribution in [0, 0.1) is 47.4 Å². The molecule has 0 aliphatic rings. The summed E-state index contributed by atoms with van der Waals surface area (Å²) in [6.07, 6.45) is 0. The lowest BCUT2D eigenvalue weighted by molar-refractivity contribution is 1.62. The predicted octanol–water partition coefficient (Wildman–Crippen LogP) is 15.7. The van der Waals surface area contributed by atoms with Gasteiger partial charge in [0.05, 0.1) is 0 Å². The summed E-state index contributed by atoms with van der Waals surface area (Å²) in [7, 11) is -11.3. The topological polar surface area (TPSA) is 0 Å². The van der Waals surface area contributed by atoms with Crippen LogP contribution < -0.4 is 83.0 Å². The summed E-state index contributed by atoms with van der Waals surface area (Å²) in [4.78, 5) is 0. The van der Waals surface area contributed by atoms with Crippen LogP contribution >= 0.6 is 0 Å². The molecule has 0 saturated carbocycles. The number of rotatable bonds is 16. The lowest BCUT2D eigenvalue weighted by atomic mass is 9.86. The first kappa shape index (κ1) is 77.2. The van der Waals surface area contributed by atoms with E-state index in [0.717, 1.165) is 76.8 Å². The maximum atomic E-state index is 3.84. The van der Waals surface area contributed by atoms with Gasteiger partial charge in [-0.2, -0.15) is 0 Å². The first-order valence-corrected chi connectivity index (χ1v) is 50.4. The molecule has 0 nitrogen and oxygen atoms in total. The van der Waals surface area contributed by atoms with Crippen LogP contribution in [-0.4, -0.2) is 32.3 Å². The van der Waals surface area contributed by atoms with Crippen LogP contribution in [0.3, 0.4) is 0 Å². The highest BCUT2D eigenvalue weighted by atomic mass is 28.3. The average Bonchev–Trinajstić information content (AvgIpc) is 0.710. The molecule has 0 aromatic heterocycles. The Hall–Kier alpha value is -15.5. The minimum atomic E-state index is -2.82. The molecule has 4 heteroatoms. The van der Waals surface area contributed by atoms with Gasteiger partial charge in [0, 0.05) is 44.5 Å². The van der Waals surface area contributed by atoms with Crippen molar-refractivity contribution in [1.82, 2.24) is 0 Å². The third kappa shape index (κ3) is 14.1. The molecule has 0 aliphatic carbocycles. The van der Waals surface area contributed by atoms with Gasteiger partial charge < -0.3 is 0 Å². The molecule has 0 radical (unpaired) electrons. The van der Waals surface area contributed by atoms with Crippen LogP contribution in [0.2, 0.25) is 0 Å². The van der Waals surface area contributed by atoms with E-state index < -0.39 is 32.3 Å². The third-order valence-electron chi connectivity index (χ3n) is 25.0. The average molecular weight is 1640 g/mol. The Kier molecular flexibility index (Phi) is 21.4. The van der Waals surface area contributed by atoms with E-state index >= 15 is 0 Å². The van der Waals surface area contributed by atoms with E-state index in [9.17, 15) is 0 Å². The van der Waals surface area contributed by atoms with Crippen LogP contribution in [0.1, 0.15) is 44.5 Å². The Morgan fingerprint density at radius 2 is 0.234 bits per heavy atom. The number of benzene rings is 20. The first-order chi connectivity index (χ1) is 61.5. The molecule has 0 saturated heterocycles. The molecule has 578 valence electrons. The quantitative estimate of drug-likeness (QED) is 0.0391. The maximum absolute atomic E-state index is 3.84. The summed E-state index contributed by atoms with van der Waals surface area (Å²) in [5, 5.41) is 27.2. The second kappa shape index (κ2) is 34.3. The van der Waals surface area contributed by atoms with E-state index in [0.29, 0.717) is 0 Å². The largest absolute Gasteiger partial charge is 0.179 e. The SMILES string of the molecule is C(#Cc1cc(C#Cc2ccc([Si](c3ccccc3)(c3ccccc3)c3ccccc3)cc2)c2ccc3c(C#Cc4ccc([Si](c5ccccc5)(c5ccccc5)c5ccccc5)cc4)cc(C#Cc4ccc([Si](c5ccccc5)(c5ccccc5)c5ccccc5)cc4)c4ccc1c2c43)c1ccc([Si](c2ccccc2)(c2ccccc2)c2ccccc2)cc1. The van der Waals surface area contributed by atoms with Crippen LogP contribution in [0.4, 0.5) is 0 Å². The zero-order valence-electron chi connectivity index (χ0n) is 68.3. The van der Waals surface area contributed by atoms with Gasteiger partial charge in [0.2, 0.25) is 0 Å². The van der Waals surface area contributed by atoms with Crippen molar-refractivity contribution >= 4 is 148 Å². The van der Waals surface area contributed by atoms with Gasteiger partial charge >= 0.3 is 0 Å². The van der Waals surface area contributed by atoms with Crippen LogP contribution in [0.5, 0.6) is 0 Å². The molecular weight excluding hydrogens is 1550 g/mol. The zero-order chi connectivity index (χ0) is 83.0. The first-order valence-electron chi connectivity index (χ1n) is 42.4. The molecule has 0 fully saturated rings. The van der Waals surface area contributed by atoms with Crippen molar-refractivity contribution in [3.8, 4) is 47.4 Å². The Morgan fingerprint density at radius 1 is 0.113 bits per heavy atom. The van der Waals surface area contributed by atoms with Crippen molar-refractivity contribution in [1.29, 1.82) is 0 Å². The summed E-state index contributed by atoms with van der Waals surface area (Å²) in [5.74, 6) is 30.4. The molecule has 0 heterocycles. The van der Waals surface area contributed by atoms with E-state index in [-0.39, 0.29) is 0 Å². The third-order valence-corrected chi connectivity index (χ3v) is 44.2. The van der Waals surface area contributed by atoms with Gasteiger partial charge in [-0.25, -0.2) is 0 Å². The second-order valence-corrected chi connectivity index (χ2v) is 47.0. The molecule has 0 spiro atoms. The molecule has 20 aromatic carbocycles. The van der Waals surface area contributed by atoms with E-state index in [1.165, 1.54) is 83.0 Å². The van der Waals surface area contributed by atoms with Gasteiger partial charge in [-0.15, -0.1) is 0 Å². The molecule has 124 heavy (non-hydrogen) atoms. The zero-order valence-corrected chi connectivity index (χ0v) is 72.3. The Labute approximate surface area is 731 Å². The van der Waals surface area contributed by atoms with Crippen molar-refractivity contribution in [2.24, 2.45) is 0 Å². The summed E-state index contributed by atoms with van der Waals surface area (Å²) >= 11 is 0. The van der Waals surface area contributed by atoms with E-state index in [1.807, 2.05) is 0 Å². The van der Waals surface area contributed by atoms with Gasteiger partial charge in [-0.05, 0) is 176 Å². The smallest absolute Gasteiger partial charge is 0.0623 e. The Balaban J connectivity index is 0.777. The van der Waals surface area contributed by atoms with Gasteiger partial charge in [0.1, 0.15) is 0 Å². The maximum Gasteiger partial charge on any atom is 0.179 e. The minimum absolute atomic E-state index is 0.878. The Morgan fingerprint density at radius 3 is 0.363 bits per heavy atom. The molecule has 0 atom stereocenters. The van der Waals surface area contributed by atoms with Gasteiger partial charge in [-0.1, -0.05) is 484 Å². The summed E-state index contributed by atoms with van der Waals surface area (Å²) in [6, 6.07) is 183. The minimum Gasteiger partial charge on any atom is -0.0623 e. The van der Waals surface area contributed by atoms with E-state index in [1.54, 1.807) is 0 Å². The van der Waals surface area contributed by atoms with Crippen LogP contribution in [0.15, 0.2) is 497 Å². The fourth-order valence-electron chi connectivity index (χ4n) is 19.4. The summed E-state index contributed by atoms with van der Waals surface area (Å²) in [6.45, 7) is 0. The lowest BCUT2D eigenvalue weighted by Gasteiger charge is -2.34. The summed E-state index contributed by atoms with van der Waals surface area (Å²) in [5.41, 5.74) is 7.17. The second-order valence-electron chi connectivity index (χ2n) is 31.7. The van der Waals surface area contributed by atoms with Gasteiger partial charge in [0.15, 0.2) is 32.3 Å². The van der Waals surface area contributed by atoms with Gasteiger partial charge in [0.25, 0.3) is 0 Å². The molecule has 0 aliphatic heterocycles. The van der Waals surface area contributed by atoms with Crippen molar-refractivity contribution in [2.45, 2.75) is 0 Å². The van der Waals surface area contributed by atoms with Crippen molar-refractivity contribution in [3.05, 3.63) is 542 Å². The lowest BCUT2D eigenvalue weighted by Crippen LogP contribution is -2.74.